The summed E-state index contributed by atoms with van der Waals surface area (Å²) in [6.07, 6.45) is 3.87. The van der Waals surface area contributed by atoms with E-state index in [1.165, 1.54) is 22.8 Å². The molecular formula is C26H31N3O3. The molecule has 1 amide bonds. The SMILES string of the molecule is Cc1cc(O)cc(N)c1CCC(N)=O.Oc1cc(Cc2ccccc2)cc2c1NCCC2. The molecule has 0 aliphatic carbocycles. The third-order valence-electron chi connectivity index (χ3n) is 5.55. The fourth-order valence-corrected chi connectivity index (χ4v) is 3.99. The van der Waals surface area contributed by atoms with Crippen LogP contribution in [0.1, 0.15) is 40.7 Å². The lowest BCUT2D eigenvalue weighted by Gasteiger charge is -2.20. The maximum atomic E-state index is 10.6. The standard InChI is InChI=1S/C16H17NO.C10H14N2O2/c18-15-11-13(9-12-5-2-1-3-6-12)10-14-7-4-8-17-16(14)15;1-6-4-7(13)5-9(11)8(6)2-3-10(12)14/h1-3,5-6,10-11,17-18H,4,7-9H2;4-5,13H,2-3,11H2,1H3,(H2,12,14). The number of phenolic OH excluding ortho intramolecular Hbond substituents is 2. The van der Waals surface area contributed by atoms with Gasteiger partial charge in [-0.1, -0.05) is 36.4 Å². The van der Waals surface area contributed by atoms with Crippen molar-refractivity contribution < 1.29 is 15.0 Å². The van der Waals surface area contributed by atoms with Crippen LogP contribution < -0.4 is 16.8 Å². The molecule has 6 nitrogen and oxygen atoms in total. The minimum Gasteiger partial charge on any atom is -0.508 e. The molecule has 0 saturated heterocycles. The summed E-state index contributed by atoms with van der Waals surface area (Å²) in [5, 5.41) is 22.5. The number of fused-ring (bicyclic) bond motifs is 1. The first kappa shape index (κ1) is 23.0. The zero-order chi connectivity index (χ0) is 23.1. The summed E-state index contributed by atoms with van der Waals surface area (Å²) in [6.45, 7) is 2.80. The lowest BCUT2D eigenvalue weighted by molar-refractivity contribution is -0.117. The summed E-state index contributed by atoms with van der Waals surface area (Å²) in [5.74, 6) is 0.179. The number of anilines is 2. The number of nitrogens with one attached hydrogen (secondary N) is 1. The van der Waals surface area contributed by atoms with Gasteiger partial charge in [-0.2, -0.15) is 0 Å². The van der Waals surface area contributed by atoms with Gasteiger partial charge in [0.2, 0.25) is 5.91 Å². The topological polar surface area (TPSA) is 122 Å². The number of carbonyl (C=O) groups is 1. The smallest absolute Gasteiger partial charge is 0.217 e. The van der Waals surface area contributed by atoms with Crippen LogP contribution in [0.4, 0.5) is 11.4 Å². The molecule has 3 aromatic rings. The lowest BCUT2D eigenvalue weighted by atomic mass is 9.97. The van der Waals surface area contributed by atoms with E-state index >= 15 is 0 Å². The third kappa shape index (κ3) is 6.17. The van der Waals surface area contributed by atoms with Crippen LogP contribution in [-0.4, -0.2) is 22.7 Å². The number of phenols is 2. The van der Waals surface area contributed by atoms with Crippen LogP contribution in [0.5, 0.6) is 11.5 Å². The molecule has 0 spiro atoms. The number of hydrogen-bond donors (Lipinski definition) is 5. The van der Waals surface area contributed by atoms with Gasteiger partial charge in [0, 0.05) is 24.7 Å². The van der Waals surface area contributed by atoms with Crippen molar-refractivity contribution in [2.24, 2.45) is 5.73 Å². The highest BCUT2D eigenvalue weighted by atomic mass is 16.3. The van der Waals surface area contributed by atoms with Gasteiger partial charge in [0.1, 0.15) is 11.5 Å². The van der Waals surface area contributed by atoms with E-state index in [-0.39, 0.29) is 18.1 Å². The molecule has 0 aromatic heterocycles. The van der Waals surface area contributed by atoms with Crippen molar-refractivity contribution in [2.45, 2.75) is 39.0 Å². The molecule has 0 radical (unpaired) electrons. The van der Waals surface area contributed by atoms with Crippen LogP contribution in [0, 0.1) is 6.92 Å². The van der Waals surface area contributed by atoms with Crippen LogP contribution in [0.15, 0.2) is 54.6 Å². The van der Waals surface area contributed by atoms with Crippen molar-refractivity contribution in [3.05, 3.63) is 82.4 Å². The monoisotopic (exact) mass is 433 g/mol. The highest BCUT2D eigenvalue weighted by Gasteiger charge is 2.14. The Bertz CT molecular complexity index is 1060. The Kier molecular flexibility index (Phi) is 7.60. The predicted molar refractivity (Wildman–Crippen MR) is 129 cm³/mol. The Hall–Kier alpha value is -3.67. The molecule has 4 rings (SSSR count). The van der Waals surface area contributed by atoms with Crippen LogP contribution in [-0.2, 0) is 24.1 Å². The summed E-state index contributed by atoms with van der Waals surface area (Å²) >= 11 is 0. The molecule has 0 atom stereocenters. The van der Waals surface area contributed by atoms with Gasteiger partial charge in [-0.25, -0.2) is 0 Å². The predicted octanol–water partition coefficient (Wildman–Crippen LogP) is 4.04. The van der Waals surface area contributed by atoms with Crippen molar-refractivity contribution in [1.82, 2.24) is 0 Å². The fraction of sp³-hybridized carbons (Fsp3) is 0.269. The van der Waals surface area contributed by atoms with E-state index in [1.54, 1.807) is 6.07 Å². The van der Waals surface area contributed by atoms with Gasteiger partial charge in [0.05, 0.1) is 5.69 Å². The number of benzene rings is 3. The molecule has 0 bridgehead atoms. The van der Waals surface area contributed by atoms with Crippen LogP contribution in [0.2, 0.25) is 0 Å². The van der Waals surface area contributed by atoms with Gasteiger partial charge in [-0.3, -0.25) is 4.79 Å². The number of nitrogen functional groups attached to an aromatic ring is 1. The number of hydrogen-bond acceptors (Lipinski definition) is 5. The molecule has 0 unspecified atom stereocenters. The molecule has 32 heavy (non-hydrogen) atoms. The van der Waals surface area contributed by atoms with E-state index < -0.39 is 0 Å². The quantitative estimate of drug-likeness (QED) is 0.307. The summed E-state index contributed by atoms with van der Waals surface area (Å²) in [4.78, 5) is 10.6. The molecule has 1 aliphatic heterocycles. The highest BCUT2D eigenvalue weighted by Crippen LogP contribution is 2.33. The summed E-state index contributed by atoms with van der Waals surface area (Å²) in [7, 11) is 0. The van der Waals surface area contributed by atoms with Crippen molar-refractivity contribution in [3.8, 4) is 11.5 Å². The Morgan fingerprint density at radius 3 is 2.50 bits per heavy atom. The van der Waals surface area contributed by atoms with Crippen molar-refractivity contribution in [3.63, 3.8) is 0 Å². The molecule has 7 N–H and O–H groups in total. The molecule has 3 aromatic carbocycles. The van der Waals surface area contributed by atoms with Crippen molar-refractivity contribution >= 4 is 17.3 Å². The summed E-state index contributed by atoms with van der Waals surface area (Å²) in [5.41, 5.74) is 17.6. The van der Waals surface area contributed by atoms with Gasteiger partial charge in [0.25, 0.3) is 0 Å². The summed E-state index contributed by atoms with van der Waals surface area (Å²) < 4.78 is 0. The van der Waals surface area contributed by atoms with Gasteiger partial charge in [-0.15, -0.1) is 0 Å². The van der Waals surface area contributed by atoms with Crippen LogP contribution in [0.25, 0.3) is 0 Å². The molecule has 168 valence electrons. The largest absolute Gasteiger partial charge is 0.508 e. The fourth-order valence-electron chi connectivity index (χ4n) is 3.99. The lowest BCUT2D eigenvalue weighted by Crippen LogP contribution is -2.12. The number of amides is 1. The Morgan fingerprint density at radius 2 is 1.81 bits per heavy atom. The number of aromatic hydroxyl groups is 2. The Morgan fingerprint density at radius 1 is 1.06 bits per heavy atom. The first-order valence-corrected chi connectivity index (χ1v) is 10.8. The molecule has 6 heteroatoms. The average molecular weight is 434 g/mol. The number of aryl methyl sites for hydroxylation is 2. The zero-order valence-corrected chi connectivity index (χ0v) is 18.4. The van der Waals surface area contributed by atoms with E-state index in [1.807, 2.05) is 19.1 Å². The van der Waals surface area contributed by atoms with Crippen molar-refractivity contribution in [2.75, 3.05) is 17.6 Å². The van der Waals surface area contributed by atoms with Gasteiger partial charge >= 0.3 is 0 Å². The van der Waals surface area contributed by atoms with E-state index in [9.17, 15) is 15.0 Å². The third-order valence-corrected chi connectivity index (χ3v) is 5.55. The second-order valence-corrected chi connectivity index (χ2v) is 8.14. The van der Waals surface area contributed by atoms with Gasteiger partial charge < -0.3 is 27.0 Å². The maximum absolute atomic E-state index is 10.6. The summed E-state index contributed by atoms with van der Waals surface area (Å²) in [6, 6.07) is 17.6. The van der Waals surface area contributed by atoms with Gasteiger partial charge in [0.15, 0.2) is 0 Å². The maximum Gasteiger partial charge on any atom is 0.217 e. The first-order valence-electron chi connectivity index (χ1n) is 10.8. The highest BCUT2D eigenvalue weighted by molar-refractivity contribution is 5.74. The Balaban J connectivity index is 0.000000188. The van der Waals surface area contributed by atoms with Crippen molar-refractivity contribution in [1.29, 1.82) is 0 Å². The van der Waals surface area contributed by atoms with E-state index in [0.717, 1.165) is 42.6 Å². The number of rotatable bonds is 5. The van der Waals surface area contributed by atoms with Crippen LogP contribution in [0.3, 0.4) is 0 Å². The number of nitrogens with two attached hydrogens (primary N) is 2. The van der Waals surface area contributed by atoms with Crippen LogP contribution >= 0.6 is 0 Å². The normalized spacial score (nSPS) is 12.2. The Labute approximate surface area is 188 Å². The van der Waals surface area contributed by atoms with E-state index in [0.29, 0.717) is 17.9 Å². The number of primary amides is 1. The van der Waals surface area contributed by atoms with E-state index in [2.05, 4.69) is 35.6 Å². The molecule has 1 aliphatic rings. The average Bonchev–Trinajstić information content (AvgIpc) is 2.74. The molecule has 0 fully saturated rings. The van der Waals surface area contributed by atoms with Gasteiger partial charge in [-0.05, 0) is 72.6 Å². The molecule has 0 saturated carbocycles. The number of carbonyl (C=O) groups excluding carboxylic acids is 1. The second kappa shape index (κ2) is 10.6. The zero-order valence-electron chi connectivity index (χ0n) is 18.4. The first-order chi connectivity index (χ1) is 15.3. The minimum atomic E-state index is -0.350. The molecule has 1 heterocycles. The van der Waals surface area contributed by atoms with E-state index in [4.69, 9.17) is 11.5 Å². The molecular weight excluding hydrogens is 402 g/mol. The second-order valence-electron chi connectivity index (χ2n) is 8.14. The minimum absolute atomic E-state index is 0.142.